The summed E-state index contributed by atoms with van der Waals surface area (Å²) in [5, 5.41) is 3.81. The van der Waals surface area contributed by atoms with E-state index < -0.39 is 18.3 Å². The van der Waals surface area contributed by atoms with E-state index in [1.165, 1.54) is 6.08 Å². The first kappa shape index (κ1) is 25.7. The molecule has 7 nitrogen and oxygen atoms in total. The molecule has 0 spiro atoms. The molecule has 36 heavy (non-hydrogen) atoms. The van der Waals surface area contributed by atoms with Gasteiger partial charge in [0.05, 0.1) is 17.7 Å². The maximum absolute atomic E-state index is 11.3. The van der Waals surface area contributed by atoms with Gasteiger partial charge in [-0.25, -0.2) is 4.98 Å². The summed E-state index contributed by atoms with van der Waals surface area (Å²) in [7, 11) is -0.481. The number of aromatic amines is 1. The second kappa shape index (κ2) is 10.3. The van der Waals surface area contributed by atoms with Gasteiger partial charge in [-0.05, 0) is 63.9 Å². The molecule has 0 bridgehead atoms. The number of ether oxygens (including phenoxy) is 1. The van der Waals surface area contributed by atoms with Crippen LogP contribution in [0.4, 0.5) is 0 Å². The van der Waals surface area contributed by atoms with Gasteiger partial charge in [0, 0.05) is 40.0 Å². The van der Waals surface area contributed by atoms with E-state index >= 15 is 0 Å². The summed E-state index contributed by atoms with van der Waals surface area (Å²) < 4.78 is 18.6. The summed E-state index contributed by atoms with van der Waals surface area (Å²) in [6.45, 7) is 14.5. The highest BCUT2D eigenvalue weighted by molar-refractivity contribution is 6.56. The second-order valence-electron chi connectivity index (χ2n) is 9.84. The predicted octanol–water partition coefficient (Wildman–Crippen LogP) is 5.09. The maximum Gasteiger partial charge on any atom is 0.491 e. The number of hydrogen-bond donors (Lipinski definition) is 2. The Kier molecular flexibility index (Phi) is 7.38. The van der Waals surface area contributed by atoms with Crippen molar-refractivity contribution in [2.24, 2.45) is 0 Å². The van der Waals surface area contributed by atoms with E-state index in [9.17, 15) is 4.79 Å². The Morgan fingerprint density at radius 2 is 1.89 bits per heavy atom. The van der Waals surface area contributed by atoms with Gasteiger partial charge in [0.2, 0.25) is 11.8 Å². The number of aromatic nitrogens is 2. The molecule has 0 saturated carbocycles. The Labute approximate surface area is 213 Å². The lowest BCUT2D eigenvalue weighted by Crippen LogP contribution is -2.41. The van der Waals surface area contributed by atoms with Gasteiger partial charge in [-0.1, -0.05) is 31.7 Å². The summed E-state index contributed by atoms with van der Waals surface area (Å²) in [6, 6.07) is 14.2. The monoisotopic (exact) mass is 487 g/mol. The Morgan fingerprint density at radius 1 is 1.17 bits per heavy atom. The van der Waals surface area contributed by atoms with Crippen molar-refractivity contribution >= 4 is 29.5 Å². The fourth-order valence-electron chi connectivity index (χ4n) is 4.18. The van der Waals surface area contributed by atoms with Crippen LogP contribution in [0.2, 0.25) is 0 Å². The van der Waals surface area contributed by atoms with Crippen molar-refractivity contribution in [1.82, 2.24) is 15.3 Å². The van der Waals surface area contributed by atoms with Crippen molar-refractivity contribution in [2.45, 2.75) is 52.2 Å². The quantitative estimate of drug-likeness (QED) is 0.250. The van der Waals surface area contributed by atoms with Gasteiger partial charge >= 0.3 is 7.12 Å². The normalized spacial score (nSPS) is 17.1. The summed E-state index contributed by atoms with van der Waals surface area (Å²) in [6.07, 6.45) is 3.78. The molecule has 2 N–H and O–H groups in total. The number of H-pyrrole nitrogens is 1. The van der Waals surface area contributed by atoms with Gasteiger partial charge in [-0.3, -0.25) is 4.79 Å². The lowest BCUT2D eigenvalue weighted by Gasteiger charge is -2.32. The first-order chi connectivity index (χ1) is 17.1. The van der Waals surface area contributed by atoms with Crippen molar-refractivity contribution in [2.75, 3.05) is 13.2 Å². The average Bonchev–Trinajstić information content (AvgIpc) is 3.37. The van der Waals surface area contributed by atoms with Gasteiger partial charge in [0.15, 0.2) is 0 Å². The van der Waals surface area contributed by atoms with Crippen LogP contribution in [0.15, 0.2) is 66.8 Å². The van der Waals surface area contributed by atoms with Gasteiger partial charge in [0.25, 0.3) is 0 Å². The molecule has 188 valence electrons. The van der Waals surface area contributed by atoms with Gasteiger partial charge in [-0.2, -0.15) is 0 Å². The molecule has 3 aromatic rings. The van der Waals surface area contributed by atoms with Crippen LogP contribution >= 0.6 is 0 Å². The molecular weight excluding hydrogens is 453 g/mol. The maximum atomic E-state index is 11.3. The number of hydrogen-bond acceptors (Lipinski definition) is 5. The molecule has 4 rings (SSSR count). The highest BCUT2D eigenvalue weighted by Crippen LogP contribution is 2.42. The average molecular weight is 487 g/mol. The van der Waals surface area contributed by atoms with Crippen molar-refractivity contribution in [3.63, 3.8) is 0 Å². The number of nitrogens with zero attached hydrogens (tertiary/aromatic N) is 1. The zero-order chi connectivity index (χ0) is 25.9. The minimum absolute atomic E-state index is 0.232. The summed E-state index contributed by atoms with van der Waals surface area (Å²) in [5.41, 5.74) is 4.13. The van der Waals surface area contributed by atoms with Crippen LogP contribution in [0.5, 0.6) is 5.88 Å². The Hall–Kier alpha value is -3.36. The molecule has 0 atom stereocenters. The molecule has 0 aliphatic carbocycles. The molecule has 1 fully saturated rings. The lowest BCUT2D eigenvalue weighted by atomic mass is 9.71. The smallest absolute Gasteiger partial charge is 0.476 e. The number of para-hydroxylation sites is 1. The van der Waals surface area contributed by atoms with E-state index in [0.717, 1.165) is 39.6 Å². The van der Waals surface area contributed by atoms with Crippen LogP contribution in [0, 0.1) is 0 Å². The third-order valence-electron chi connectivity index (χ3n) is 6.90. The predicted molar refractivity (Wildman–Crippen MR) is 144 cm³/mol. The largest absolute Gasteiger partial charge is 0.491 e. The standard InChI is InChI=1S/C28H34BN3O4/c1-7-21(29-35-27(3,4)28(5,6)36-29)26(23-17-19-11-9-10-12-22(19)32-23)20-13-14-25(31-18-20)34-16-15-30-24(33)8-2/h8-14,17-18,32H,2,7,15-16H2,1,3-6H3,(H,30,33)/b26-21+. The molecule has 0 radical (unpaired) electrons. The second-order valence-corrected chi connectivity index (χ2v) is 9.84. The highest BCUT2D eigenvalue weighted by atomic mass is 16.7. The number of pyridine rings is 1. The number of nitrogens with one attached hydrogen (secondary N) is 2. The molecule has 1 amide bonds. The molecule has 1 saturated heterocycles. The van der Waals surface area contributed by atoms with Crippen LogP contribution < -0.4 is 10.1 Å². The van der Waals surface area contributed by atoms with Crippen LogP contribution in [-0.2, 0) is 14.1 Å². The molecule has 0 unspecified atom stereocenters. The fraction of sp³-hybridized carbons (Fsp3) is 0.357. The van der Waals surface area contributed by atoms with Crippen LogP contribution in [0.25, 0.3) is 16.5 Å². The third-order valence-corrected chi connectivity index (χ3v) is 6.90. The van der Waals surface area contributed by atoms with E-state index in [1.54, 1.807) is 6.20 Å². The Bertz CT molecular complexity index is 1230. The Morgan fingerprint density at radius 3 is 2.50 bits per heavy atom. The fourth-order valence-corrected chi connectivity index (χ4v) is 4.18. The van der Waals surface area contributed by atoms with Crippen molar-refractivity contribution in [3.05, 3.63) is 78.0 Å². The van der Waals surface area contributed by atoms with Crippen LogP contribution in [0.1, 0.15) is 52.3 Å². The van der Waals surface area contributed by atoms with E-state index in [1.807, 2.05) is 24.3 Å². The number of benzene rings is 1. The molecule has 1 aromatic carbocycles. The topological polar surface area (TPSA) is 85.5 Å². The van der Waals surface area contributed by atoms with Gasteiger partial charge in [-0.15, -0.1) is 0 Å². The SMILES string of the molecule is C=CC(=O)NCCOc1ccc(/C(=C(/CC)B2OC(C)(C)C(C)(C)O2)c2cc3ccccc3[nH]2)cn1. The highest BCUT2D eigenvalue weighted by Gasteiger charge is 2.52. The molecule has 8 heteroatoms. The number of amides is 1. The summed E-state index contributed by atoms with van der Waals surface area (Å²) >= 11 is 0. The van der Waals surface area contributed by atoms with Gasteiger partial charge in [0.1, 0.15) is 6.61 Å². The third kappa shape index (κ3) is 5.25. The van der Waals surface area contributed by atoms with Crippen LogP contribution in [0.3, 0.4) is 0 Å². The van der Waals surface area contributed by atoms with E-state index in [4.69, 9.17) is 14.0 Å². The van der Waals surface area contributed by atoms with E-state index in [0.29, 0.717) is 19.0 Å². The molecule has 3 heterocycles. The zero-order valence-electron chi connectivity index (χ0n) is 21.7. The van der Waals surface area contributed by atoms with E-state index in [-0.39, 0.29) is 5.91 Å². The van der Waals surface area contributed by atoms with Crippen LogP contribution in [-0.4, -0.2) is 47.3 Å². The molecule has 1 aliphatic rings. The van der Waals surface area contributed by atoms with E-state index in [2.05, 4.69) is 74.7 Å². The Balaban J connectivity index is 1.70. The number of carbonyl (C=O) groups is 1. The van der Waals surface area contributed by atoms with Crippen molar-refractivity contribution in [3.8, 4) is 5.88 Å². The lowest BCUT2D eigenvalue weighted by molar-refractivity contribution is -0.116. The first-order valence-corrected chi connectivity index (χ1v) is 12.3. The molecular formula is C28H34BN3O4. The summed E-state index contributed by atoms with van der Waals surface area (Å²) in [5.74, 6) is 0.251. The van der Waals surface area contributed by atoms with Crippen molar-refractivity contribution in [1.29, 1.82) is 0 Å². The number of carbonyl (C=O) groups excluding carboxylic acids is 1. The minimum atomic E-state index is -0.481. The number of rotatable bonds is 9. The number of fused-ring (bicyclic) bond motifs is 1. The first-order valence-electron chi connectivity index (χ1n) is 12.3. The van der Waals surface area contributed by atoms with Crippen molar-refractivity contribution < 1.29 is 18.8 Å². The van der Waals surface area contributed by atoms with Gasteiger partial charge < -0.3 is 24.3 Å². The minimum Gasteiger partial charge on any atom is -0.476 e. The molecule has 1 aliphatic heterocycles. The summed E-state index contributed by atoms with van der Waals surface area (Å²) in [4.78, 5) is 19.4. The molecule has 2 aromatic heterocycles. The zero-order valence-corrected chi connectivity index (χ0v) is 21.7. The number of allylic oxidation sites excluding steroid dienone is 1.